The number of hydrogen-bond acceptors (Lipinski definition) is 2. The van der Waals surface area contributed by atoms with Crippen LogP contribution in [0.5, 0.6) is 5.75 Å². The van der Waals surface area contributed by atoms with Gasteiger partial charge in [0, 0.05) is 14.5 Å². The van der Waals surface area contributed by atoms with Crippen molar-refractivity contribution >= 4 is 31.9 Å². The first-order chi connectivity index (χ1) is 9.43. The van der Waals surface area contributed by atoms with E-state index in [2.05, 4.69) is 51.8 Å². The van der Waals surface area contributed by atoms with Crippen molar-refractivity contribution in [3.8, 4) is 5.75 Å². The molecule has 2 N–H and O–H groups in total. The molecule has 0 saturated carbocycles. The third-order valence-electron chi connectivity index (χ3n) is 3.32. The first-order valence-electron chi connectivity index (χ1n) is 6.29. The van der Waals surface area contributed by atoms with Crippen LogP contribution in [0.25, 0.3) is 0 Å². The minimum Gasteiger partial charge on any atom is -0.496 e. The van der Waals surface area contributed by atoms with E-state index in [1.807, 2.05) is 24.3 Å². The van der Waals surface area contributed by atoms with Crippen LogP contribution in [0.1, 0.15) is 28.3 Å². The second-order valence-electron chi connectivity index (χ2n) is 4.84. The summed E-state index contributed by atoms with van der Waals surface area (Å²) in [5.41, 5.74) is 10.9. The number of halogens is 2. The van der Waals surface area contributed by atoms with Gasteiger partial charge in [0.2, 0.25) is 0 Å². The molecule has 0 heterocycles. The topological polar surface area (TPSA) is 35.2 Å². The van der Waals surface area contributed by atoms with Gasteiger partial charge in [0.05, 0.1) is 13.2 Å². The molecule has 0 aromatic heterocycles. The van der Waals surface area contributed by atoms with E-state index >= 15 is 0 Å². The molecule has 1 atom stereocenters. The number of aryl methyl sites for hydroxylation is 2. The molecule has 2 aromatic carbocycles. The van der Waals surface area contributed by atoms with Crippen LogP contribution in [0.2, 0.25) is 0 Å². The fourth-order valence-electron chi connectivity index (χ4n) is 2.42. The number of nitrogens with two attached hydrogens (primary N) is 1. The minimum absolute atomic E-state index is 0.229. The molecule has 0 aliphatic carbocycles. The minimum atomic E-state index is -0.229. The lowest BCUT2D eigenvalue weighted by molar-refractivity contribution is 0.407. The van der Waals surface area contributed by atoms with Crippen LogP contribution < -0.4 is 10.5 Å². The molecule has 2 rings (SSSR count). The standard InChI is InChI=1S/C16H17Br2NO/c1-9-6-10(2)15(14(7-9)20-3)16(19)12-5-4-11(17)8-13(12)18/h4-8,16H,19H2,1-3H3. The molecule has 0 spiro atoms. The summed E-state index contributed by atoms with van der Waals surface area (Å²) in [6, 6.07) is 9.95. The normalized spacial score (nSPS) is 12.3. The molecule has 106 valence electrons. The van der Waals surface area contributed by atoms with Crippen LogP contribution in [0, 0.1) is 13.8 Å². The average Bonchev–Trinajstić information content (AvgIpc) is 2.37. The summed E-state index contributed by atoms with van der Waals surface area (Å²) in [5, 5.41) is 0. The summed E-state index contributed by atoms with van der Waals surface area (Å²) in [6.45, 7) is 4.12. The summed E-state index contributed by atoms with van der Waals surface area (Å²) < 4.78 is 7.52. The summed E-state index contributed by atoms with van der Waals surface area (Å²) in [5.74, 6) is 0.838. The molecule has 2 aromatic rings. The molecule has 0 amide bonds. The van der Waals surface area contributed by atoms with Crippen molar-refractivity contribution in [3.05, 3.63) is 61.5 Å². The van der Waals surface area contributed by atoms with Crippen molar-refractivity contribution in [1.29, 1.82) is 0 Å². The molecule has 0 radical (unpaired) electrons. The van der Waals surface area contributed by atoms with Crippen molar-refractivity contribution in [2.75, 3.05) is 7.11 Å². The van der Waals surface area contributed by atoms with E-state index in [0.717, 1.165) is 31.4 Å². The van der Waals surface area contributed by atoms with Gasteiger partial charge in [0.15, 0.2) is 0 Å². The van der Waals surface area contributed by atoms with Gasteiger partial charge >= 0.3 is 0 Å². The third kappa shape index (κ3) is 3.08. The van der Waals surface area contributed by atoms with Gasteiger partial charge in [-0.2, -0.15) is 0 Å². The Morgan fingerprint density at radius 3 is 2.40 bits per heavy atom. The Labute approximate surface area is 136 Å². The van der Waals surface area contributed by atoms with E-state index in [0.29, 0.717) is 0 Å². The number of rotatable bonds is 3. The fraction of sp³-hybridized carbons (Fsp3) is 0.250. The maximum atomic E-state index is 6.47. The average molecular weight is 399 g/mol. The Hall–Kier alpha value is -0.840. The van der Waals surface area contributed by atoms with Gasteiger partial charge in [-0.3, -0.25) is 0 Å². The molecule has 0 fully saturated rings. The van der Waals surface area contributed by atoms with Crippen molar-refractivity contribution < 1.29 is 4.74 Å². The summed E-state index contributed by atoms with van der Waals surface area (Å²) in [4.78, 5) is 0. The summed E-state index contributed by atoms with van der Waals surface area (Å²) >= 11 is 7.04. The van der Waals surface area contributed by atoms with E-state index < -0.39 is 0 Å². The van der Waals surface area contributed by atoms with E-state index in [9.17, 15) is 0 Å². The van der Waals surface area contributed by atoms with E-state index in [1.54, 1.807) is 7.11 Å². The zero-order valence-corrected chi connectivity index (χ0v) is 14.9. The predicted molar refractivity (Wildman–Crippen MR) is 90.3 cm³/mol. The highest BCUT2D eigenvalue weighted by molar-refractivity contribution is 9.11. The number of benzene rings is 2. The second-order valence-corrected chi connectivity index (χ2v) is 6.61. The van der Waals surface area contributed by atoms with Gasteiger partial charge in [-0.25, -0.2) is 0 Å². The van der Waals surface area contributed by atoms with Crippen molar-refractivity contribution in [2.24, 2.45) is 5.73 Å². The van der Waals surface area contributed by atoms with Crippen molar-refractivity contribution in [1.82, 2.24) is 0 Å². The molecular weight excluding hydrogens is 382 g/mol. The van der Waals surface area contributed by atoms with Crippen LogP contribution in [0.3, 0.4) is 0 Å². The highest BCUT2D eigenvalue weighted by Gasteiger charge is 2.19. The third-order valence-corrected chi connectivity index (χ3v) is 4.50. The molecule has 0 saturated heterocycles. The first-order valence-corrected chi connectivity index (χ1v) is 7.88. The molecule has 4 heteroatoms. The monoisotopic (exact) mass is 397 g/mol. The highest BCUT2D eigenvalue weighted by atomic mass is 79.9. The van der Waals surface area contributed by atoms with Crippen LogP contribution in [0.4, 0.5) is 0 Å². The van der Waals surface area contributed by atoms with Crippen LogP contribution >= 0.6 is 31.9 Å². The second kappa shape index (κ2) is 6.29. The summed E-state index contributed by atoms with van der Waals surface area (Å²) in [6.07, 6.45) is 0. The molecule has 0 aliphatic heterocycles. The van der Waals surface area contributed by atoms with Crippen molar-refractivity contribution in [2.45, 2.75) is 19.9 Å². The van der Waals surface area contributed by atoms with Gasteiger partial charge in [-0.15, -0.1) is 0 Å². The zero-order chi connectivity index (χ0) is 14.9. The van der Waals surface area contributed by atoms with Gasteiger partial charge in [-0.1, -0.05) is 44.0 Å². The Bertz CT molecular complexity index is 641. The van der Waals surface area contributed by atoms with Crippen LogP contribution in [0.15, 0.2) is 39.3 Å². The lowest BCUT2D eigenvalue weighted by Crippen LogP contribution is -2.15. The first kappa shape index (κ1) is 15.5. The Morgan fingerprint density at radius 2 is 1.80 bits per heavy atom. The largest absolute Gasteiger partial charge is 0.496 e. The lowest BCUT2D eigenvalue weighted by atomic mass is 9.93. The van der Waals surface area contributed by atoms with Crippen molar-refractivity contribution in [3.63, 3.8) is 0 Å². The van der Waals surface area contributed by atoms with E-state index in [1.165, 1.54) is 5.56 Å². The fourth-order valence-corrected chi connectivity index (χ4v) is 3.71. The van der Waals surface area contributed by atoms with Gasteiger partial charge in [-0.05, 0) is 48.7 Å². The van der Waals surface area contributed by atoms with Crippen LogP contribution in [-0.2, 0) is 0 Å². The quantitative estimate of drug-likeness (QED) is 0.799. The molecule has 1 unspecified atom stereocenters. The van der Waals surface area contributed by atoms with Crippen LogP contribution in [-0.4, -0.2) is 7.11 Å². The maximum absolute atomic E-state index is 6.47. The Kier molecular flexibility index (Phi) is 4.89. The van der Waals surface area contributed by atoms with Gasteiger partial charge in [0.1, 0.15) is 5.75 Å². The van der Waals surface area contributed by atoms with Gasteiger partial charge < -0.3 is 10.5 Å². The summed E-state index contributed by atoms with van der Waals surface area (Å²) in [7, 11) is 1.68. The molecule has 20 heavy (non-hydrogen) atoms. The number of methoxy groups -OCH3 is 1. The maximum Gasteiger partial charge on any atom is 0.124 e. The lowest BCUT2D eigenvalue weighted by Gasteiger charge is -2.20. The number of ether oxygens (including phenoxy) is 1. The zero-order valence-electron chi connectivity index (χ0n) is 11.7. The molecular formula is C16H17Br2NO. The molecule has 2 nitrogen and oxygen atoms in total. The molecule has 0 bridgehead atoms. The van der Waals surface area contributed by atoms with E-state index in [4.69, 9.17) is 10.5 Å². The smallest absolute Gasteiger partial charge is 0.124 e. The van der Waals surface area contributed by atoms with Gasteiger partial charge in [0.25, 0.3) is 0 Å². The SMILES string of the molecule is COc1cc(C)cc(C)c1C(N)c1ccc(Br)cc1Br. The molecule has 0 aliphatic rings. The van der Waals surface area contributed by atoms with E-state index in [-0.39, 0.29) is 6.04 Å². The Morgan fingerprint density at radius 1 is 1.10 bits per heavy atom. The predicted octanol–water partition coefficient (Wildman–Crippen LogP) is 4.89. The highest BCUT2D eigenvalue weighted by Crippen LogP contribution is 2.36. The number of hydrogen-bond donors (Lipinski definition) is 1. The Balaban J connectivity index is 2.55.